The first-order valence-electron chi connectivity index (χ1n) is 7.43. The van der Waals surface area contributed by atoms with Gasteiger partial charge in [-0.2, -0.15) is 0 Å². The summed E-state index contributed by atoms with van der Waals surface area (Å²) in [5, 5.41) is 3.61. The molecule has 1 aliphatic carbocycles. The minimum Gasteiger partial charge on any atom is -0.383 e. The van der Waals surface area contributed by atoms with Crippen LogP contribution in [-0.4, -0.2) is 11.5 Å². The lowest BCUT2D eigenvalue weighted by molar-refractivity contribution is 0.512. The van der Waals surface area contributed by atoms with E-state index in [4.69, 9.17) is 5.73 Å². The molecule has 1 atom stereocenters. The Morgan fingerprint density at radius 3 is 3.00 bits per heavy atom. The quantitative estimate of drug-likeness (QED) is 0.767. The minimum absolute atomic E-state index is 0.304. The number of hydrogen-bond donors (Lipinski definition) is 2. The first kappa shape index (κ1) is 14.1. The fourth-order valence-corrected chi connectivity index (χ4v) is 2.69. The van der Waals surface area contributed by atoms with Crippen LogP contribution in [-0.2, 0) is 0 Å². The number of aromatic nitrogens is 1. The van der Waals surface area contributed by atoms with Crippen LogP contribution in [0.15, 0.2) is 30.0 Å². The number of pyridine rings is 1. The van der Waals surface area contributed by atoms with Gasteiger partial charge in [0.2, 0.25) is 0 Å². The Bertz CT molecular complexity index is 426. The second kappa shape index (κ2) is 7.29. The van der Waals surface area contributed by atoms with E-state index in [2.05, 4.69) is 29.4 Å². The number of nitrogens with zero attached hydrogens (tertiary/aromatic N) is 1. The molecule has 0 bridgehead atoms. The third kappa shape index (κ3) is 4.06. The molecule has 0 aliphatic heterocycles. The van der Waals surface area contributed by atoms with E-state index < -0.39 is 0 Å². The van der Waals surface area contributed by atoms with Crippen molar-refractivity contribution in [3.63, 3.8) is 0 Å². The summed E-state index contributed by atoms with van der Waals surface area (Å²) in [6, 6.07) is 4.37. The molecular formula is C16H25N3. The molecule has 0 radical (unpaired) electrons. The zero-order chi connectivity index (χ0) is 13.5. The summed E-state index contributed by atoms with van der Waals surface area (Å²) >= 11 is 0. The van der Waals surface area contributed by atoms with Crippen molar-refractivity contribution in [1.82, 2.24) is 10.3 Å². The molecule has 0 spiro atoms. The molecule has 0 fully saturated rings. The van der Waals surface area contributed by atoms with Crippen LogP contribution < -0.4 is 11.1 Å². The normalized spacial score (nSPS) is 17.0. The Morgan fingerprint density at radius 2 is 2.32 bits per heavy atom. The maximum atomic E-state index is 6.03. The SMILES string of the molecule is CCCNC(CC1=CCCCC1)c1cccnc1N. The van der Waals surface area contributed by atoms with Crippen molar-refractivity contribution in [2.45, 2.75) is 51.5 Å². The Morgan fingerprint density at radius 1 is 1.42 bits per heavy atom. The van der Waals surface area contributed by atoms with Crippen molar-refractivity contribution in [3.05, 3.63) is 35.5 Å². The Labute approximate surface area is 116 Å². The predicted molar refractivity (Wildman–Crippen MR) is 80.9 cm³/mol. The number of anilines is 1. The van der Waals surface area contributed by atoms with E-state index in [9.17, 15) is 0 Å². The third-order valence-corrected chi connectivity index (χ3v) is 3.74. The number of nitrogen functional groups attached to an aromatic ring is 1. The maximum absolute atomic E-state index is 6.03. The summed E-state index contributed by atoms with van der Waals surface area (Å²) < 4.78 is 0. The molecule has 104 valence electrons. The van der Waals surface area contributed by atoms with Gasteiger partial charge in [0.05, 0.1) is 0 Å². The smallest absolute Gasteiger partial charge is 0.128 e. The molecule has 1 heterocycles. The molecule has 1 aromatic rings. The summed E-state index contributed by atoms with van der Waals surface area (Å²) in [6.45, 7) is 3.21. The van der Waals surface area contributed by atoms with Crippen molar-refractivity contribution >= 4 is 5.82 Å². The van der Waals surface area contributed by atoms with E-state index in [0.717, 1.165) is 24.9 Å². The highest BCUT2D eigenvalue weighted by atomic mass is 14.9. The molecule has 1 aliphatic rings. The van der Waals surface area contributed by atoms with E-state index in [-0.39, 0.29) is 0 Å². The van der Waals surface area contributed by atoms with Gasteiger partial charge < -0.3 is 11.1 Å². The number of nitrogens with two attached hydrogens (primary N) is 1. The van der Waals surface area contributed by atoms with Crippen LogP contribution in [0.2, 0.25) is 0 Å². The molecule has 0 amide bonds. The zero-order valence-corrected chi connectivity index (χ0v) is 11.9. The summed E-state index contributed by atoms with van der Waals surface area (Å²) in [6.07, 6.45) is 11.5. The van der Waals surface area contributed by atoms with Gasteiger partial charge in [-0.05, 0) is 51.1 Å². The van der Waals surface area contributed by atoms with Crippen molar-refractivity contribution in [3.8, 4) is 0 Å². The average Bonchev–Trinajstić information content (AvgIpc) is 2.45. The van der Waals surface area contributed by atoms with Gasteiger partial charge in [0, 0.05) is 17.8 Å². The van der Waals surface area contributed by atoms with Gasteiger partial charge in [-0.1, -0.05) is 24.6 Å². The molecule has 1 unspecified atom stereocenters. The second-order valence-corrected chi connectivity index (χ2v) is 5.30. The van der Waals surface area contributed by atoms with E-state index in [1.54, 1.807) is 11.8 Å². The average molecular weight is 259 g/mol. The van der Waals surface area contributed by atoms with Crippen LogP contribution in [0.5, 0.6) is 0 Å². The second-order valence-electron chi connectivity index (χ2n) is 5.30. The first-order chi connectivity index (χ1) is 9.31. The fraction of sp³-hybridized carbons (Fsp3) is 0.562. The van der Waals surface area contributed by atoms with Crippen molar-refractivity contribution in [1.29, 1.82) is 0 Å². The summed E-state index contributed by atoms with van der Waals surface area (Å²) in [4.78, 5) is 4.22. The molecular weight excluding hydrogens is 234 g/mol. The Kier molecular flexibility index (Phi) is 5.40. The monoisotopic (exact) mass is 259 g/mol. The first-order valence-corrected chi connectivity index (χ1v) is 7.43. The fourth-order valence-electron chi connectivity index (χ4n) is 2.69. The maximum Gasteiger partial charge on any atom is 0.128 e. The molecule has 0 saturated heterocycles. The van der Waals surface area contributed by atoms with Crippen LogP contribution in [0, 0.1) is 0 Å². The standard InChI is InChI=1S/C16H25N3/c1-2-10-18-15(12-13-7-4-3-5-8-13)14-9-6-11-19-16(14)17/h6-7,9,11,15,18H,2-5,8,10,12H2,1H3,(H2,17,19). The van der Waals surface area contributed by atoms with Gasteiger partial charge in [0.15, 0.2) is 0 Å². The number of hydrogen-bond acceptors (Lipinski definition) is 3. The van der Waals surface area contributed by atoms with Gasteiger partial charge in [-0.25, -0.2) is 4.98 Å². The van der Waals surface area contributed by atoms with Gasteiger partial charge in [-0.3, -0.25) is 0 Å². The Hall–Kier alpha value is -1.35. The number of allylic oxidation sites excluding steroid dienone is 1. The van der Waals surface area contributed by atoms with Gasteiger partial charge >= 0.3 is 0 Å². The highest BCUT2D eigenvalue weighted by molar-refractivity contribution is 5.41. The lowest BCUT2D eigenvalue weighted by Crippen LogP contribution is -2.24. The van der Waals surface area contributed by atoms with Crippen LogP contribution in [0.4, 0.5) is 5.82 Å². The van der Waals surface area contributed by atoms with E-state index in [1.165, 1.54) is 25.7 Å². The molecule has 1 aromatic heterocycles. The molecule has 0 saturated carbocycles. The predicted octanol–water partition coefficient (Wildman–Crippen LogP) is 3.60. The number of nitrogens with one attached hydrogen (secondary N) is 1. The molecule has 3 nitrogen and oxygen atoms in total. The lowest BCUT2D eigenvalue weighted by Gasteiger charge is -2.23. The zero-order valence-electron chi connectivity index (χ0n) is 11.9. The van der Waals surface area contributed by atoms with Crippen molar-refractivity contribution < 1.29 is 0 Å². The molecule has 3 heteroatoms. The van der Waals surface area contributed by atoms with Crippen LogP contribution in [0.1, 0.15) is 57.1 Å². The molecule has 19 heavy (non-hydrogen) atoms. The van der Waals surface area contributed by atoms with E-state index in [0.29, 0.717) is 11.9 Å². The highest BCUT2D eigenvalue weighted by Gasteiger charge is 2.16. The lowest BCUT2D eigenvalue weighted by atomic mass is 9.91. The van der Waals surface area contributed by atoms with E-state index in [1.807, 2.05) is 6.07 Å². The summed E-state index contributed by atoms with van der Waals surface area (Å²) in [5.74, 6) is 0.660. The van der Waals surface area contributed by atoms with Crippen LogP contribution >= 0.6 is 0 Å². The topological polar surface area (TPSA) is 50.9 Å². The molecule has 0 aromatic carbocycles. The largest absolute Gasteiger partial charge is 0.383 e. The van der Waals surface area contributed by atoms with Crippen LogP contribution in [0.25, 0.3) is 0 Å². The summed E-state index contributed by atoms with van der Waals surface area (Å²) in [7, 11) is 0. The number of rotatable bonds is 6. The van der Waals surface area contributed by atoms with Crippen molar-refractivity contribution in [2.24, 2.45) is 0 Å². The van der Waals surface area contributed by atoms with Gasteiger partial charge in [-0.15, -0.1) is 0 Å². The highest BCUT2D eigenvalue weighted by Crippen LogP contribution is 2.29. The van der Waals surface area contributed by atoms with Gasteiger partial charge in [0.25, 0.3) is 0 Å². The summed E-state index contributed by atoms with van der Waals surface area (Å²) in [5.41, 5.74) is 8.74. The minimum atomic E-state index is 0.304. The van der Waals surface area contributed by atoms with Crippen molar-refractivity contribution in [2.75, 3.05) is 12.3 Å². The Balaban J connectivity index is 2.11. The van der Waals surface area contributed by atoms with E-state index >= 15 is 0 Å². The molecule has 2 rings (SSSR count). The van der Waals surface area contributed by atoms with Crippen LogP contribution in [0.3, 0.4) is 0 Å². The third-order valence-electron chi connectivity index (χ3n) is 3.74. The van der Waals surface area contributed by atoms with Gasteiger partial charge in [0.1, 0.15) is 5.82 Å². The molecule has 3 N–H and O–H groups in total.